The molecule has 1 aromatic carbocycles. The van der Waals surface area contributed by atoms with Crippen molar-refractivity contribution in [2.75, 3.05) is 0 Å². The van der Waals surface area contributed by atoms with Gasteiger partial charge in [0, 0.05) is 12.4 Å². The summed E-state index contributed by atoms with van der Waals surface area (Å²) in [7, 11) is 1.84. The van der Waals surface area contributed by atoms with Gasteiger partial charge in [-0.2, -0.15) is 0 Å². The number of nitrogens with zero attached hydrogens (tertiary/aromatic N) is 1. The summed E-state index contributed by atoms with van der Waals surface area (Å²) in [4.78, 5) is 12.6. The third-order valence-electron chi connectivity index (χ3n) is 4.82. The van der Waals surface area contributed by atoms with Crippen molar-refractivity contribution in [3.8, 4) is 5.75 Å². The molecule has 0 spiro atoms. The molecule has 3 nitrogen and oxygen atoms in total. The molecule has 0 bridgehead atoms. The second-order valence-corrected chi connectivity index (χ2v) is 7.06. The Kier molecular flexibility index (Phi) is 4.05. The maximum absolute atomic E-state index is 12.6. The van der Waals surface area contributed by atoms with Crippen molar-refractivity contribution >= 4 is 10.9 Å². The van der Waals surface area contributed by atoms with Crippen molar-refractivity contribution in [1.82, 2.24) is 4.57 Å². The van der Waals surface area contributed by atoms with Crippen molar-refractivity contribution in [1.29, 1.82) is 0 Å². The van der Waals surface area contributed by atoms with Gasteiger partial charge in [-0.15, -0.1) is 0 Å². The zero-order valence-corrected chi connectivity index (χ0v) is 14.5. The molecule has 0 saturated heterocycles. The number of rotatable bonds is 3. The summed E-state index contributed by atoms with van der Waals surface area (Å²) in [5.41, 5.74) is 2.97. The van der Waals surface area contributed by atoms with Gasteiger partial charge in [0.25, 0.3) is 5.56 Å². The molecule has 1 unspecified atom stereocenters. The number of ether oxygens (including phenoxy) is 1. The Labute approximate surface area is 137 Å². The van der Waals surface area contributed by atoms with Gasteiger partial charge >= 0.3 is 0 Å². The van der Waals surface area contributed by atoms with E-state index in [1.165, 1.54) is 5.57 Å². The number of pyridine rings is 1. The van der Waals surface area contributed by atoms with Crippen LogP contribution in [0, 0.1) is 0 Å². The smallest absolute Gasteiger partial charge is 0.257 e. The number of aryl methyl sites for hydroxylation is 1. The first-order valence-corrected chi connectivity index (χ1v) is 8.34. The van der Waals surface area contributed by atoms with Crippen LogP contribution in [0.25, 0.3) is 10.9 Å². The van der Waals surface area contributed by atoms with Gasteiger partial charge < -0.3 is 9.30 Å². The molecule has 23 heavy (non-hydrogen) atoms. The summed E-state index contributed by atoms with van der Waals surface area (Å²) in [5, 5.41) is 1.04. The molecular weight excluding hydrogens is 286 g/mol. The Balaban J connectivity index is 2.03. The number of fused-ring (bicyclic) bond motifs is 3. The second kappa shape index (κ2) is 5.88. The first kappa shape index (κ1) is 15.9. The molecule has 0 radical (unpaired) electrons. The van der Waals surface area contributed by atoms with E-state index in [1.54, 1.807) is 4.57 Å². The zero-order valence-electron chi connectivity index (χ0n) is 14.5. The van der Waals surface area contributed by atoms with Crippen molar-refractivity contribution in [2.45, 2.75) is 52.1 Å². The fraction of sp³-hybridized carbons (Fsp3) is 0.450. The van der Waals surface area contributed by atoms with Crippen LogP contribution in [0.2, 0.25) is 0 Å². The molecule has 3 rings (SSSR count). The highest BCUT2D eigenvalue weighted by atomic mass is 16.5. The van der Waals surface area contributed by atoms with Crippen LogP contribution < -0.4 is 10.3 Å². The molecule has 2 heterocycles. The molecular formula is C20H25NO2. The van der Waals surface area contributed by atoms with Crippen LogP contribution in [-0.2, 0) is 13.5 Å². The van der Waals surface area contributed by atoms with E-state index in [0.717, 1.165) is 47.9 Å². The lowest BCUT2D eigenvalue weighted by Gasteiger charge is -2.36. The van der Waals surface area contributed by atoms with E-state index in [9.17, 15) is 4.79 Å². The van der Waals surface area contributed by atoms with Gasteiger partial charge in [0.15, 0.2) is 0 Å². The second-order valence-electron chi connectivity index (χ2n) is 7.06. The van der Waals surface area contributed by atoms with Crippen molar-refractivity contribution < 1.29 is 4.74 Å². The first-order chi connectivity index (χ1) is 10.9. The van der Waals surface area contributed by atoms with E-state index in [0.29, 0.717) is 0 Å². The van der Waals surface area contributed by atoms with Gasteiger partial charge in [-0.05, 0) is 58.6 Å². The van der Waals surface area contributed by atoms with Crippen molar-refractivity contribution in [3.63, 3.8) is 0 Å². The molecule has 0 saturated carbocycles. The summed E-state index contributed by atoms with van der Waals surface area (Å²) in [5.74, 6) is 0.801. The lowest BCUT2D eigenvalue weighted by Crippen LogP contribution is -2.39. The van der Waals surface area contributed by atoms with Crippen LogP contribution in [0.4, 0.5) is 0 Å². The zero-order chi connectivity index (χ0) is 16.6. The number of para-hydroxylation sites is 1. The van der Waals surface area contributed by atoms with Gasteiger partial charge in [0.2, 0.25) is 0 Å². The molecule has 1 atom stereocenters. The van der Waals surface area contributed by atoms with Crippen LogP contribution in [-0.4, -0.2) is 10.2 Å². The third kappa shape index (κ3) is 2.92. The standard InChI is InChI=1S/C20H25NO2/c1-14(2)8-7-12-20(3)13-11-16-18(23-20)15-9-5-6-10-17(15)21(4)19(16)22/h5-6,8-10H,7,11-13H2,1-4H3. The molecule has 1 aromatic heterocycles. The third-order valence-corrected chi connectivity index (χ3v) is 4.82. The quantitative estimate of drug-likeness (QED) is 0.788. The minimum atomic E-state index is -0.200. The van der Waals surface area contributed by atoms with E-state index < -0.39 is 0 Å². The highest BCUT2D eigenvalue weighted by Gasteiger charge is 2.33. The number of hydrogen-bond donors (Lipinski definition) is 0. The average molecular weight is 311 g/mol. The number of benzene rings is 1. The monoisotopic (exact) mass is 311 g/mol. The van der Waals surface area contributed by atoms with E-state index in [1.807, 2.05) is 25.2 Å². The predicted octanol–water partition coefficient (Wildman–Crippen LogP) is 4.37. The van der Waals surface area contributed by atoms with Crippen LogP contribution in [0.15, 0.2) is 40.7 Å². The Morgan fingerprint density at radius 1 is 1.35 bits per heavy atom. The molecule has 2 aromatic rings. The highest BCUT2D eigenvalue weighted by Crippen LogP contribution is 2.38. The number of allylic oxidation sites excluding steroid dienone is 2. The lowest BCUT2D eigenvalue weighted by molar-refractivity contribution is 0.0584. The maximum Gasteiger partial charge on any atom is 0.257 e. The first-order valence-electron chi connectivity index (χ1n) is 8.34. The number of hydrogen-bond acceptors (Lipinski definition) is 2. The fourth-order valence-corrected chi connectivity index (χ4v) is 3.40. The topological polar surface area (TPSA) is 31.2 Å². The Hall–Kier alpha value is -2.03. The SMILES string of the molecule is CC(C)=CCCC1(C)CCc2c(c3ccccc3n(C)c2=O)O1. The largest absolute Gasteiger partial charge is 0.486 e. The van der Waals surface area contributed by atoms with Gasteiger partial charge in [0.1, 0.15) is 11.4 Å². The molecule has 122 valence electrons. The average Bonchev–Trinajstić information content (AvgIpc) is 2.52. The number of aromatic nitrogens is 1. The van der Waals surface area contributed by atoms with Gasteiger partial charge in [-0.25, -0.2) is 0 Å². The molecule has 0 fully saturated rings. The van der Waals surface area contributed by atoms with Crippen LogP contribution in [0.3, 0.4) is 0 Å². The van der Waals surface area contributed by atoms with Crippen molar-refractivity contribution in [2.24, 2.45) is 7.05 Å². The normalized spacial score (nSPS) is 20.0. The van der Waals surface area contributed by atoms with E-state index in [-0.39, 0.29) is 11.2 Å². The highest BCUT2D eigenvalue weighted by molar-refractivity contribution is 5.86. The molecule has 1 aliphatic rings. The summed E-state index contributed by atoms with van der Waals surface area (Å²) in [6.07, 6.45) is 5.92. The lowest BCUT2D eigenvalue weighted by atomic mass is 9.88. The van der Waals surface area contributed by atoms with Gasteiger partial charge in [-0.1, -0.05) is 23.8 Å². The van der Waals surface area contributed by atoms with Crippen LogP contribution in [0.5, 0.6) is 5.75 Å². The van der Waals surface area contributed by atoms with E-state index in [2.05, 4.69) is 32.9 Å². The Morgan fingerprint density at radius 3 is 2.83 bits per heavy atom. The Bertz CT molecular complexity index is 827. The van der Waals surface area contributed by atoms with Gasteiger partial charge in [0.05, 0.1) is 11.1 Å². The van der Waals surface area contributed by atoms with Gasteiger partial charge in [-0.3, -0.25) is 4.79 Å². The molecule has 1 aliphatic heterocycles. The summed E-state index contributed by atoms with van der Waals surface area (Å²) in [6, 6.07) is 8.00. The van der Waals surface area contributed by atoms with Crippen LogP contribution in [0.1, 0.15) is 45.6 Å². The van der Waals surface area contributed by atoms with Crippen molar-refractivity contribution in [3.05, 3.63) is 51.8 Å². The molecule has 3 heteroatoms. The summed E-state index contributed by atoms with van der Waals surface area (Å²) in [6.45, 7) is 6.41. The fourth-order valence-electron chi connectivity index (χ4n) is 3.40. The van der Waals surface area contributed by atoms with E-state index >= 15 is 0 Å². The molecule has 0 aliphatic carbocycles. The van der Waals surface area contributed by atoms with Crippen LogP contribution >= 0.6 is 0 Å². The predicted molar refractivity (Wildman–Crippen MR) is 95.2 cm³/mol. The minimum Gasteiger partial charge on any atom is -0.486 e. The molecule has 0 N–H and O–H groups in total. The summed E-state index contributed by atoms with van der Waals surface area (Å²) >= 11 is 0. The maximum atomic E-state index is 12.6. The summed E-state index contributed by atoms with van der Waals surface area (Å²) < 4.78 is 8.15. The molecule has 0 amide bonds. The van der Waals surface area contributed by atoms with E-state index in [4.69, 9.17) is 4.74 Å². The Morgan fingerprint density at radius 2 is 2.09 bits per heavy atom. The minimum absolute atomic E-state index is 0.0741.